The number of aryl methyl sites for hydroxylation is 3. The van der Waals surface area contributed by atoms with Gasteiger partial charge in [0.15, 0.2) is 0 Å². The van der Waals surface area contributed by atoms with Gasteiger partial charge in [-0.25, -0.2) is 4.68 Å². The molecule has 1 fully saturated rings. The summed E-state index contributed by atoms with van der Waals surface area (Å²) < 4.78 is 7.00. The third-order valence-corrected chi connectivity index (χ3v) is 6.54. The Balaban J connectivity index is 1.52. The summed E-state index contributed by atoms with van der Waals surface area (Å²) in [6.45, 7) is 12.1. The van der Waals surface area contributed by atoms with E-state index in [0.717, 1.165) is 56.3 Å². The highest BCUT2D eigenvalue weighted by molar-refractivity contribution is 5.92. The predicted molar refractivity (Wildman–Crippen MR) is 137 cm³/mol. The van der Waals surface area contributed by atoms with Gasteiger partial charge in [0.05, 0.1) is 24.5 Å². The zero-order valence-corrected chi connectivity index (χ0v) is 20.7. The third kappa shape index (κ3) is 5.73. The van der Waals surface area contributed by atoms with E-state index in [4.69, 9.17) is 9.84 Å². The summed E-state index contributed by atoms with van der Waals surface area (Å²) in [5.74, 6) is 0.660. The Kier molecular flexibility index (Phi) is 7.77. The van der Waals surface area contributed by atoms with Gasteiger partial charge in [-0.15, -0.1) is 0 Å². The van der Waals surface area contributed by atoms with Gasteiger partial charge in [-0.3, -0.25) is 14.6 Å². The van der Waals surface area contributed by atoms with Gasteiger partial charge in [-0.05, 0) is 55.7 Å². The molecule has 7 heteroatoms. The molecule has 0 aliphatic carbocycles. The first-order valence-electron chi connectivity index (χ1n) is 11.9. The number of anilines is 1. The van der Waals surface area contributed by atoms with Gasteiger partial charge in [0.25, 0.3) is 0 Å². The third-order valence-electron chi connectivity index (χ3n) is 6.54. The standard InChI is InChI=1S/C27H35N5O2/c1-20-16-22(3)24(17-21(20)2)25-18-26(32(29-25)23-8-6-5-7-9-23)28-27(33)19-31-12-10-30(11-13-31)14-15-34-4/h5-9,16-18H,10-15,19H2,1-4H3,(H,28,33). The fourth-order valence-electron chi connectivity index (χ4n) is 4.38. The molecule has 2 heterocycles. The number of benzene rings is 2. The number of carbonyl (C=O) groups excluding carboxylic acids is 1. The van der Waals surface area contributed by atoms with E-state index in [0.29, 0.717) is 12.4 Å². The molecular weight excluding hydrogens is 426 g/mol. The second kappa shape index (κ2) is 11.0. The molecule has 0 saturated carbocycles. The predicted octanol–water partition coefficient (Wildman–Crippen LogP) is 3.67. The van der Waals surface area contributed by atoms with Crippen molar-refractivity contribution in [3.05, 3.63) is 65.2 Å². The maximum absolute atomic E-state index is 13.0. The molecule has 2 aromatic carbocycles. The molecule has 0 atom stereocenters. The van der Waals surface area contributed by atoms with Crippen LogP contribution in [-0.2, 0) is 9.53 Å². The summed E-state index contributed by atoms with van der Waals surface area (Å²) in [4.78, 5) is 17.6. The Bertz CT molecular complexity index is 1120. The SMILES string of the molecule is COCCN1CCN(CC(=O)Nc2cc(-c3cc(C)c(C)cc3C)nn2-c2ccccc2)CC1. The summed E-state index contributed by atoms with van der Waals surface area (Å²) in [6, 6.07) is 16.3. The first-order valence-corrected chi connectivity index (χ1v) is 11.9. The number of ether oxygens (including phenoxy) is 1. The monoisotopic (exact) mass is 461 g/mol. The number of para-hydroxylation sites is 1. The van der Waals surface area contributed by atoms with E-state index >= 15 is 0 Å². The summed E-state index contributed by atoms with van der Waals surface area (Å²) in [7, 11) is 1.73. The number of hydrogen-bond donors (Lipinski definition) is 1. The molecule has 0 radical (unpaired) electrons. The van der Waals surface area contributed by atoms with E-state index in [-0.39, 0.29) is 5.91 Å². The van der Waals surface area contributed by atoms with Crippen molar-refractivity contribution in [1.82, 2.24) is 19.6 Å². The summed E-state index contributed by atoms with van der Waals surface area (Å²) in [6.07, 6.45) is 0. The van der Waals surface area contributed by atoms with Gasteiger partial charge in [0.1, 0.15) is 5.82 Å². The zero-order valence-electron chi connectivity index (χ0n) is 20.7. The first-order chi connectivity index (χ1) is 16.4. The quantitative estimate of drug-likeness (QED) is 0.555. The van der Waals surface area contributed by atoms with Crippen molar-refractivity contribution in [3.8, 4) is 16.9 Å². The molecule has 180 valence electrons. The molecule has 1 amide bonds. The van der Waals surface area contributed by atoms with Crippen LogP contribution in [0.3, 0.4) is 0 Å². The van der Waals surface area contributed by atoms with Gasteiger partial charge in [-0.1, -0.05) is 24.3 Å². The molecule has 34 heavy (non-hydrogen) atoms. The van der Waals surface area contributed by atoms with E-state index < -0.39 is 0 Å². The molecule has 1 saturated heterocycles. The Labute approximate surface area is 202 Å². The second-order valence-electron chi connectivity index (χ2n) is 9.07. The highest BCUT2D eigenvalue weighted by Crippen LogP contribution is 2.29. The number of nitrogens with one attached hydrogen (secondary N) is 1. The van der Waals surface area contributed by atoms with E-state index in [1.165, 1.54) is 16.7 Å². The van der Waals surface area contributed by atoms with Crippen molar-refractivity contribution in [2.24, 2.45) is 0 Å². The van der Waals surface area contributed by atoms with E-state index in [2.05, 4.69) is 48.0 Å². The van der Waals surface area contributed by atoms with E-state index in [9.17, 15) is 4.79 Å². The number of aromatic nitrogens is 2. The van der Waals surface area contributed by atoms with Gasteiger partial charge in [-0.2, -0.15) is 5.10 Å². The van der Waals surface area contributed by atoms with Gasteiger partial charge < -0.3 is 10.1 Å². The van der Waals surface area contributed by atoms with Crippen molar-refractivity contribution in [3.63, 3.8) is 0 Å². The van der Waals surface area contributed by atoms with Crippen LogP contribution < -0.4 is 5.32 Å². The Morgan fingerprint density at radius 3 is 2.32 bits per heavy atom. The number of hydrogen-bond acceptors (Lipinski definition) is 5. The van der Waals surface area contributed by atoms with Crippen LogP contribution in [-0.4, -0.2) is 78.5 Å². The van der Waals surface area contributed by atoms with Crippen molar-refractivity contribution >= 4 is 11.7 Å². The summed E-state index contributed by atoms with van der Waals surface area (Å²) in [5, 5.41) is 8.01. The van der Waals surface area contributed by atoms with Crippen molar-refractivity contribution in [2.45, 2.75) is 20.8 Å². The van der Waals surface area contributed by atoms with Gasteiger partial charge in [0, 0.05) is 51.5 Å². The normalized spacial score (nSPS) is 14.9. The maximum atomic E-state index is 13.0. The molecule has 1 N–H and O–H groups in total. The minimum Gasteiger partial charge on any atom is -0.383 e. The lowest BCUT2D eigenvalue weighted by molar-refractivity contribution is -0.117. The van der Waals surface area contributed by atoms with Crippen LogP contribution in [0.5, 0.6) is 0 Å². The zero-order chi connectivity index (χ0) is 24.1. The number of nitrogens with zero attached hydrogens (tertiary/aromatic N) is 4. The number of rotatable bonds is 8. The van der Waals surface area contributed by atoms with Crippen molar-refractivity contribution in [2.75, 3.05) is 58.3 Å². The lowest BCUT2D eigenvalue weighted by Crippen LogP contribution is -2.49. The van der Waals surface area contributed by atoms with Crippen LogP contribution in [0.25, 0.3) is 16.9 Å². The molecule has 0 unspecified atom stereocenters. The molecule has 3 aromatic rings. The second-order valence-corrected chi connectivity index (χ2v) is 9.07. The van der Waals surface area contributed by atoms with Crippen LogP contribution in [0.4, 0.5) is 5.82 Å². The van der Waals surface area contributed by atoms with Crippen LogP contribution in [0, 0.1) is 20.8 Å². The lowest BCUT2D eigenvalue weighted by Gasteiger charge is -2.34. The van der Waals surface area contributed by atoms with Crippen LogP contribution in [0.2, 0.25) is 0 Å². The van der Waals surface area contributed by atoms with Crippen LogP contribution in [0.1, 0.15) is 16.7 Å². The minimum atomic E-state index is -0.0224. The van der Waals surface area contributed by atoms with E-state index in [1.807, 2.05) is 41.1 Å². The largest absolute Gasteiger partial charge is 0.383 e. The van der Waals surface area contributed by atoms with Gasteiger partial charge in [0.2, 0.25) is 5.91 Å². The Morgan fingerprint density at radius 2 is 1.62 bits per heavy atom. The average molecular weight is 462 g/mol. The first kappa shape index (κ1) is 24.1. The van der Waals surface area contributed by atoms with Crippen molar-refractivity contribution in [1.29, 1.82) is 0 Å². The molecule has 1 aliphatic heterocycles. The fraction of sp³-hybridized carbons (Fsp3) is 0.407. The molecule has 1 aromatic heterocycles. The average Bonchev–Trinajstić information content (AvgIpc) is 3.24. The van der Waals surface area contributed by atoms with Crippen molar-refractivity contribution < 1.29 is 9.53 Å². The summed E-state index contributed by atoms with van der Waals surface area (Å²) >= 11 is 0. The Morgan fingerprint density at radius 1 is 0.941 bits per heavy atom. The molecule has 4 rings (SSSR count). The van der Waals surface area contributed by atoms with Crippen LogP contribution >= 0.6 is 0 Å². The number of methoxy groups -OCH3 is 1. The topological polar surface area (TPSA) is 62.6 Å². The fourth-order valence-corrected chi connectivity index (χ4v) is 4.38. The smallest absolute Gasteiger partial charge is 0.239 e. The minimum absolute atomic E-state index is 0.0224. The Hall–Kier alpha value is -3.00. The molecule has 0 bridgehead atoms. The lowest BCUT2D eigenvalue weighted by atomic mass is 9.99. The molecular formula is C27H35N5O2. The molecule has 0 spiro atoms. The highest BCUT2D eigenvalue weighted by Gasteiger charge is 2.20. The summed E-state index contributed by atoms with van der Waals surface area (Å²) in [5.41, 5.74) is 6.51. The molecule has 7 nitrogen and oxygen atoms in total. The molecule has 1 aliphatic rings. The maximum Gasteiger partial charge on any atom is 0.239 e. The van der Waals surface area contributed by atoms with E-state index in [1.54, 1.807) is 7.11 Å². The number of piperazine rings is 1. The number of amides is 1. The highest BCUT2D eigenvalue weighted by atomic mass is 16.5. The van der Waals surface area contributed by atoms with Crippen LogP contribution in [0.15, 0.2) is 48.5 Å². The van der Waals surface area contributed by atoms with Gasteiger partial charge >= 0.3 is 0 Å². The number of carbonyl (C=O) groups is 1.